The number of anilines is 1. The van der Waals surface area contributed by atoms with Crippen molar-refractivity contribution in [2.45, 2.75) is 19.8 Å². The van der Waals surface area contributed by atoms with Crippen LogP contribution in [0.25, 0.3) is 0 Å². The van der Waals surface area contributed by atoms with Crippen molar-refractivity contribution < 1.29 is 9.47 Å². The predicted molar refractivity (Wildman–Crippen MR) is 71.1 cm³/mol. The summed E-state index contributed by atoms with van der Waals surface area (Å²) in [5.74, 6) is 1.63. The molecular weight excluding hydrogens is 216 g/mol. The van der Waals surface area contributed by atoms with Gasteiger partial charge in [0, 0.05) is 12.6 Å². The summed E-state index contributed by atoms with van der Waals surface area (Å²) in [7, 11) is 3.32. The van der Waals surface area contributed by atoms with Crippen molar-refractivity contribution in [1.82, 2.24) is 0 Å². The molecule has 0 radical (unpaired) electrons. The monoisotopic (exact) mass is 238 g/mol. The Morgan fingerprint density at radius 2 is 1.94 bits per heavy atom. The highest BCUT2D eigenvalue weighted by Crippen LogP contribution is 2.32. The molecule has 4 heteroatoms. The van der Waals surface area contributed by atoms with Crippen molar-refractivity contribution in [3.05, 3.63) is 17.7 Å². The van der Waals surface area contributed by atoms with Gasteiger partial charge in [0.2, 0.25) is 0 Å². The zero-order valence-corrected chi connectivity index (χ0v) is 10.9. The standard InChI is InChI=1S/C13H22N2O2/c1-10-8-11(16-2)9-12(17-3)13(10)15-7-5-4-6-14/h8-9,15H,4-7,14H2,1-3H3. The van der Waals surface area contributed by atoms with Crippen molar-refractivity contribution in [1.29, 1.82) is 0 Å². The van der Waals surface area contributed by atoms with Gasteiger partial charge in [-0.3, -0.25) is 0 Å². The molecule has 1 rings (SSSR count). The lowest BCUT2D eigenvalue weighted by Crippen LogP contribution is -2.07. The van der Waals surface area contributed by atoms with Crippen LogP contribution < -0.4 is 20.5 Å². The minimum Gasteiger partial charge on any atom is -0.497 e. The molecule has 0 heterocycles. The number of aryl methyl sites for hydroxylation is 1. The highest BCUT2D eigenvalue weighted by Gasteiger charge is 2.08. The van der Waals surface area contributed by atoms with Crippen LogP contribution in [0.1, 0.15) is 18.4 Å². The summed E-state index contributed by atoms with van der Waals surface area (Å²) in [4.78, 5) is 0. The van der Waals surface area contributed by atoms with Gasteiger partial charge in [-0.2, -0.15) is 0 Å². The predicted octanol–water partition coefficient (Wildman–Crippen LogP) is 2.16. The second-order valence-electron chi connectivity index (χ2n) is 3.94. The molecule has 0 unspecified atom stereocenters. The van der Waals surface area contributed by atoms with Gasteiger partial charge in [0.15, 0.2) is 0 Å². The number of benzene rings is 1. The van der Waals surface area contributed by atoms with E-state index in [1.165, 1.54) is 0 Å². The maximum absolute atomic E-state index is 5.46. The van der Waals surface area contributed by atoms with Crippen LogP contribution in [0.2, 0.25) is 0 Å². The van der Waals surface area contributed by atoms with Crippen LogP contribution in [0, 0.1) is 6.92 Å². The maximum Gasteiger partial charge on any atom is 0.145 e. The third-order valence-corrected chi connectivity index (χ3v) is 2.66. The van der Waals surface area contributed by atoms with Crippen molar-refractivity contribution in [3.63, 3.8) is 0 Å². The third-order valence-electron chi connectivity index (χ3n) is 2.66. The molecule has 0 fully saturated rings. The van der Waals surface area contributed by atoms with Gasteiger partial charge in [0.05, 0.1) is 19.9 Å². The van der Waals surface area contributed by atoms with Crippen LogP contribution in [-0.4, -0.2) is 27.3 Å². The number of methoxy groups -OCH3 is 2. The number of unbranched alkanes of at least 4 members (excludes halogenated alkanes) is 1. The van der Waals surface area contributed by atoms with Gasteiger partial charge < -0.3 is 20.5 Å². The number of nitrogens with two attached hydrogens (primary N) is 1. The smallest absolute Gasteiger partial charge is 0.145 e. The van der Waals surface area contributed by atoms with Gasteiger partial charge in [-0.15, -0.1) is 0 Å². The van der Waals surface area contributed by atoms with E-state index in [1.54, 1.807) is 14.2 Å². The summed E-state index contributed by atoms with van der Waals surface area (Å²) < 4.78 is 10.6. The molecule has 1 aromatic carbocycles. The minimum absolute atomic E-state index is 0.737. The number of hydrogen-bond donors (Lipinski definition) is 2. The SMILES string of the molecule is COc1cc(C)c(NCCCCN)c(OC)c1. The average molecular weight is 238 g/mol. The molecule has 0 aliphatic heterocycles. The molecule has 0 aliphatic carbocycles. The van der Waals surface area contributed by atoms with E-state index in [1.807, 2.05) is 19.1 Å². The quantitative estimate of drug-likeness (QED) is 0.715. The van der Waals surface area contributed by atoms with E-state index in [2.05, 4.69) is 5.32 Å². The van der Waals surface area contributed by atoms with Gasteiger partial charge in [-0.05, 0) is 37.9 Å². The van der Waals surface area contributed by atoms with E-state index in [9.17, 15) is 0 Å². The number of nitrogens with one attached hydrogen (secondary N) is 1. The summed E-state index contributed by atoms with van der Waals surface area (Å²) in [5.41, 5.74) is 7.61. The van der Waals surface area contributed by atoms with Gasteiger partial charge in [0.1, 0.15) is 11.5 Å². The number of ether oxygens (including phenoxy) is 2. The molecule has 0 saturated heterocycles. The van der Waals surface area contributed by atoms with Crippen LogP contribution in [0.3, 0.4) is 0 Å². The first-order chi connectivity index (χ1) is 8.22. The largest absolute Gasteiger partial charge is 0.497 e. The molecule has 17 heavy (non-hydrogen) atoms. The van der Waals surface area contributed by atoms with Crippen molar-refractivity contribution in [2.75, 3.05) is 32.6 Å². The van der Waals surface area contributed by atoms with Crippen molar-refractivity contribution in [2.24, 2.45) is 5.73 Å². The van der Waals surface area contributed by atoms with Crippen LogP contribution in [-0.2, 0) is 0 Å². The Kier molecular flexibility index (Phi) is 5.63. The molecule has 0 aromatic heterocycles. The van der Waals surface area contributed by atoms with E-state index in [4.69, 9.17) is 15.2 Å². The molecule has 4 nitrogen and oxygen atoms in total. The Bertz CT molecular complexity index is 354. The fourth-order valence-electron chi connectivity index (χ4n) is 1.71. The molecule has 0 atom stereocenters. The van der Waals surface area contributed by atoms with Gasteiger partial charge >= 0.3 is 0 Å². The summed E-state index contributed by atoms with van der Waals surface area (Å²) >= 11 is 0. The van der Waals surface area contributed by atoms with E-state index >= 15 is 0 Å². The fourth-order valence-corrected chi connectivity index (χ4v) is 1.71. The van der Waals surface area contributed by atoms with E-state index < -0.39 is 0 Å². The highest BCUT2D eigenvalue weighted by atomic mass is 16.5. The Labute approximate surface area is 103 Å². The summed E-state index contributed by atoms with van der Waals surface area (Å²) in [6.07, 6.45) is 2.09. The first-order valence-corrected chi connectivity index (χ1v) is 5.89. The van der Waals surface area contributed by atoms with E-state index in [0.717, 1.165) is 48.7 Å². The number of rotatable bonds is 7. The molecular formula is C13H22N2O2. The van der Waals surface area contributed by atoms with Crippen molar-refractivity contribution >= 4 is 5.69 Å². The van der Waals surface area contributed by atoms with E-state index in [-0.39, 0.29) is 0 Å². The summed E-state index contributed by atoms with van der Waals surface area (Å²) in [5, 5.41) is 3.38. The molecule has 96 valence electrons. The summed E-state index contributed by atoms with van der Waals surface area (Å²) in [6, 6.07) is 3.88. The van der Waals surface area contributed by atoms with Crippen LogP contribution >= 0.6 is 0 Å². The van der Waals surface area contributed by atoms with Crippen LogP contribution in [0.4, 0.5) is 5.69 Å². The Morgan fingerprint density at radius 1 is 1.18 bits per heavy atom. The van der Waals surface area contributed by atoms with Gasteiger partial charge in [-0.1, -0.05) is 0 Å². The van der Waals surface area contributed by atoms with Gasteiger partial charge in [-0.25, -0.2) is 0 Å². The van der Waals surface area contributed by atoms with Crippen molar-refractivity contribution in [3.8, 4) is 11.5 Å². The Hall–Kier alpha value is -1.42. The maximum atomic E-state index is 5.46. The number of hydrogen-bond acceptors (Lipinski definition) is 4. The molecule has 3 N–H and O–H groups in total. The lowest BCUT2D eigenvalue weighted by atomic mass is 10.1. The second kappa shape index (κ2) is 7.01. The summed E-state index contributed by atoms with van der Waals surface area (Å²) in [6.45, 7) is 3.68. The zero-order chi connectivity index (χ0) is 12.7. The average Bonchev–Trinajstić information content (AvgIpc) is 2.35. The first-order valence-electron chi connectivity index (χ1n) is 5.89. The lowest BCUT2D eigenvalue weighted by molar-refractivity contribution is 0.395. The minimum atomic E-state index is 0.737. The highest BCUT2D eigenvalue weighted by molar-refractivity contribution is 5.64. The van der Waals surface area contributed by atoms with Crippen LogP contribution in [0.5, 0.6) is 11.5 Å². The second-order valence-corrected chi connectivity index (χ2v) is 3.94. The molecule has 0 amide bonds. The first kappa shape index (κ1) is 13.6. The topological polar surface area (TPSA) is 56.5 Å². The molecule has 0 aliphatic rings. The fraction of sp³-hybridized carbons (Fsp3) is 0.538. The van der Waals surface area contributed by atoms with E-state index in [0.29, 0.717) is 0 Å². The molecule has 0 bridgehead atoms. The Balaban J connectivity index is 2.75. The molecule has 0 saturated carbocycles. The van der Waals surface area contributed by atoms with Gasteiger partial charge in [0.25, 0.3) is 0 Å². The molecule has 0 spiro atoms. The zero-order valence-electron chi connectivity index (χ0n) is 10.9. The normalized spacial score (nSPS) is 10.1. The lowest BCUT2D eigenvalue weighted by Gasteiger charge is -2.15. The van der Waals surface area contributed by atoms with Crippen LogP contribution in [0.15, 0.2) is 12.1 Å². The Morgan fingerprint density at radius 3 is 2.53 bits per heavy atom. The third kappa shape index (κ3) is 3.82. The molecule has 1 aromatic rings.